The van der Waals surface area contributed by atoms with Gasteiger partial charge in [-0.3, -0.25) is 19.4 Å². The summed E-state index contributed by atoms with van der Waals surface area (Å²) in [5, 5.41) is 14.6. The van der Waals surface area contributed by atoms with Gasteiger partial charge in [-0.05, 0) is 49.6 Å². The number of carboxylic acid groups (broad SMARTS) is 1. The van der Waals surface area contributed by atoms with E-state index in [2.05, 4.69) is 15.6 Å². The summed E-state index contributed by atoms with van der Waals surface area (Å²) in [5.74, 6) is -1.80. The fourth-order valence-electron chi connectivity index (χ4n) is 3.04. The van der Waals surface area contributed by atoms with Crippen molar-refractivity contribution in [3.63, 3.8) is 0 Å². The lowest BCUT2D eigenvalue weighted by Gasteiger charge is -2.13. The highest BCUT2D eigenvalue weighted by Crippen LogP contribution is 2.26. The van der Waals surface area contributed by atoms with E-state index in [0.29, 0.717) is 36.1 Å². The highest BCUT2D eigenvalue weighted by molar-refractivity contribution is 6.04. The van der Waals surface area contributed by atoms with Gasteiger partial charge in [0.1, 0.15) is 0 Å². The summed E-state index contributed by atoms with van der Waals surface area (Å²) in [6.45, 7) is 0. The smallest absolute Gasteiger partial charge is 0.306 e. The fourth-order valence-corrected chi connectivity index (χ4v) is 3.04. The van der Waals surface area contributed by atoms with E-state index in [1.54, 1.807) is 42.6 Å². The van der Waals surface area contributed by atoms with Gasteiger partial charge in [0, 0.05) is 29.7 Å². The Morgan fingerprint density at radius 1 is 1.04 bits per heavy atom. The molecular formula is C19H19N3O4. The molecule has 1 aliphatic carbocycles. The number of aromatic nitrogens is 1. The summed E-state index contributed by atoms with van der Waals surface area (Å²) < 4.78 is 0. The predicted molar refractivity (Wildman–Crippen MR) is 94.9 cm³/mol. The Morgan fingerprint density at radius 3 is 2.54 bits per heavy atom. The fraction of sp³-hybridized carbons (Fsp3) is 0.263. The van der Waals surface area contributed by atoms with Crippen LogP contribution in [0.3, 0.4) is 0 Å². The molecular weight excluding hydrogens is 334 g/mol. The number of aliphatic carboxylic acids is 1. The number of pyridine rings is 1. The van der Waals surface area contributed by atoms with Crippen molar-refractivity contribution in [1.29, 1.82) is 0 Å². The van der Waals surface area contributed by atoms with Crippen LogP contribution in [0.15, 0.2) is 48.8 Å². The molecule has 2 atom stereocenters. The van der Waals surface area contributed by atoms with Gasteiger partial charge in [0.15, 0.2) is 0 Å². The zero-order valence-electron chi connectivity index (χ0n) is 14.0. The Labute approximate surface area is 150 Å². The molecule has 1 aromatic carbocycles. The van der Waals surface area contributed by atoms with Crippen LogP contribution < -0.4 is 10.6 Å². The number of hydrogen-bond donors (Lipinski definition) is 3. The number of rotatable bonds is 5. The number of benzene rings is 1. The first-order chi connectivity index (χ1) is 12.5. The number of carbonyl (C=O) groups excluding carboxylic acids is 2. The molecule has 3 rings (SSSR count). The van der Waals surface area contributed by atoms with Crippen LogP contribution in [0.1, 0.15) is 40.0 Å². The average molecular weight is 353 g/mol. The van der Waals surface area contributed by atoms with Gasteiger partial charge in [-0.15, -0.1) is 0 Å². The highest BCUT2D eigenvalue weighted by Gasteiger charge is 2.30. The van der Waals surface area contributed by atoms with Gasteiger partial charge in [-0.2, -0.15) is 0 Å². The van der Waals surface area contributed by atoms with Crippen molar-refractivity contribution in [2.75, 3.05) is 5.32 Å². The Morgan fingerprint density at radius 2 is 1.85 bits per heavy atom. The maximum absolute atomic E-state index is 12.4. The van der Waals surface area contributed by atoms with Crippen molar-refractivity contribution in [2.45, 2.75) is 25.3 Å². The maximum atomic E-state index is 12.4. The Bertz CT molecular complexity index is 823. The van der Waals surface area contributed by atoms with Gasteiger partial charge in [0.25, 0.3) is 11.8 Å². The Balaban J connectivity index is 1.63. The standard InChI is InChI=1S/C19H19N3O4/c23-17(22-16-7-6-13(10-16)19(25)26)12-3-1-5-15(9-12)21-18(24)14-4-2-8-20-11-14/h1-5,8-9,11,13,16H,6-7,10H2,(H,21,24)(H,22,23)(H,25,26)/t13-,16+/m1/s1. The van der Waals surface area contributed by atoms with Gasteiger partial charge in [0.05, 0.1) is 11.5 Å². The van der Waals surface area contributed by atoms with Gasteiger partial charge in [0.2, 0.25) is 0 Å². The van der Waals surface area contributed by atoms with E-state index in [-0.39, 0.29) is 17.9 Å². The topological polar surface area (TPSA) is 108 Å². The van der Waals surface area contributed by atoms with E-state index in [4.69, 9.17) is 5.11 Å². The van der Waals surface area contributed by atoms with Crippen molar-refractivity contribution >= 4 is 23.5 Å². The number of anilines is 1. The molecule has 0 unspecified atom stereocenters. The lowest BCUT2D eigenvalue weighted by molar-refractivity contribution is -0.141. The monoisotopic (exact) mass is 353 g/mol. The molecule has 1 aromatic heterocycles. The predicted octanol–water partition coefficient (Wildman–Crippen LogP) is 2.32. The van der Waals surface area contributed by atoms with E-state index in [1.165, 1.54) is 6.20 Å². The molecule has 3 N–H and O–H groups in total. The van der Waals surface area contributed by atoms with Gasteiger partial charge in [-0.25, -0.2) is 0 Å². The van der Waals surface area contributed by atoms with E-state index < -0.39 is 11.9 Å². The van der Waals surface area contributed by atoms with Crippen LogP contribution in [0, 0.1) is 5.92 Å². The second-order valence-corrected chi connectivity index (χ2v) is 6.30. The van der Waals surface area contributed by atoms with Crippen molar-refractivity contribution in [3.8, 4) is 0 Å². The second-order valence-electron chi connectivity index (χ2n) is 6.30. The number of carboxylic acids is 1. The van der Waals surface area contributed by atoms with Crippen molar-refractivity contribution in [3.05, 3.63) is 59.9 Å². The van der Waals surface area contributed by atoms with E-state index in [1.807, 2.05) is 0 Å². The first-order valence-electron chi connectivity index (χ1n) is 8.38. The molecule has 0 aliphatic heterocycles. The first-order valence-corrected chi connectivity index (χ1v) is 8.38. The summed E-state index contributed by atoms with van der Waals surface area (Å²) in [6, 6.07) is 9.80. The number of carbonyl (C=O) groups is 3. The molecule has 2 aromatic rings. The molecule has 7 heteroatoms. The molecule has 1 heterocycles. The van der Waals surface area contributed by atoms with Crippen LogP contribution in [0.4, 0.5) is 5.69 Å². The lowest BCUT2D eigenvalue weighted by Crippen LogP contribution is -2.33. The molecule has 0 radical (unpaired) electrons. The van der Waals surface area contributed by atoms with Gasteiger partial charge >= 0.3 is 5.97 Å². The summed E-state index contributed by atoms with van der Waals surface area (Å²) in [5.41, 5.74) is 1.34. The molecule has 1 fully saturated rings. The molecule has 1 aliphatic rings. The van der Waals surface area contributed by atoms with Crippen LogP contribution in [0.5, 0.6) is 0 Å². The summed E-state index contributed by atoms with van der Waals surface area (Å²) in [4.78, 5) is 39.5. The van der Waals surface area contributed by atoms with Crippen LogP contribution in [-0.2, 0) is 4.79 Å². The molecule has 2 amide bonds. The molecule has 134 valence electrons. The highest BCUT2D eigenvalue weighted by atomic mass is 16.4. The normalized spacial score (nSPS) is 18.9. The average Bonchev–Trinajstić information content (AvgIpc) is 3.11. The third-order valence-corrected chi connectivity index (χ3v) is 4.42. The molecule has 7 nitrogen and oxygen atoms in total. The Kier molecular flexibility index (Phi) is 5.26. The number of amides is 2. The molecule has 26 heavy (non-hydrogen) atoms. The van der Waals surface area contributed by atoms with E-state index in [9.17, 15) is 14.4 Å². The maximum Gasteiger partial charge on any atom is 0.306 e. The minimum Gasteiger partial charge on any atom is -0.481 e. The molecule has 0 bridgehead atoms. The van der Waals surface area contributed by atoms with Crippen molar-refractivity contribution in [1.82, 2.24) is 10.3 Å². The minimum atomic E-state index is -0.818. The van der Waals surface area contributed by atoms with Crippen molar-refractivity contribution < 1.29 is 19.5 Å². The summed E-state index contributed by atoms with van der Waals surface area (Å²) in [7, 11) is 0. The molecule has 0 spiro atoms. The zero-order chi connectivity index (χ0) is 18.5. The van der Waals surface area contributed by atoms with Crippen LogP contribution in [0.2, 0.25) is 0 Å². The van der Waals surface area contributed by atoms with Crippen molar-refractivity contribution in [2.24, 2.45) is 5.92 Å². The van der Waals surface area contributed by atoms with Gasteiger partial charge < -0.3 is 15.7 Å². The van der Waals surface area contributed by atoms with E-state index >= 15 is 0 Å². The van der Waals surface area contributed by atoms with E-state index in [0.717, 1.165) is 0 Å². The number of nitrogens with one attached hydrogen (secondary N) is 2. The van der Waals surface area contributed by atoms with Crippen LogP contribution >= 0.6 is 0 Å². The molecule has 0 saturated heterocycles. The second kappa shape index (κ2) is 7.77. The number of hydrogen-bond acceptors (Lipinski definition) is 4. The SMILES string of the molecule is O=C(Nc1cccc(C(=O)N[C@H]2CC[C@@H](C(=O)O)C2)c1)c1cccnc1. The molecule has 1 saturated carbocycles. The van der Waals surface area contributed by atoms with Gasteiger partial charge in [-0.1, -0.05) is 6.07 Å². The quantitative estimate of drug-likeness (QED) is 0.764. The minimum absolute atomic E-state index is 0.141. The Hall–Kier alpha value is -3.22. The number of nitrogens with zero attached hydrogens (tertiary/aromatic N) is 1. The third-order valence-electron chi connectivity index (χ3n) is 4.42. The van der Waals surface area contributed by atoms with Crippen LogP contribution in [-0.4, -0.2) is 33.9 Å². The largest absolute Gasteiger partial charge is 0.481 e. The zero-order valence-corrected chi connectivity index (χ0v) is 14.0. The first kappa shape index (κ1) is 17.6. The summed E-state index contributed by atoms with van der Waals surface area (Å²) >= 11 is 0. The van der Waals surface area contributed by atoms with Crippen LogP contribution in [0.25, 0.3) is 0 Å². The summed E-state index contributed by atoms with van der Waals surface area (Å²) in [6.07, 6.45) is 4.71. The lowest BCUT2D eigenvalue weighted by atomic mass is 10.1. The third kappa shape index (κ3) is 4.24.